The standard InChI is InChI=1S/C20H19N5O3/c1-12-18(13-4-6-15(7-5-13)28-11-17(26)27-3)16(8-21)20(22)24-19(12)14-9-23-25(2)10-14/h4-7,9-10H,11H2,1-3H3,(H2,22,24). The first kappa shape index (κ1) is 18.9. The summed E-state index contributed by atoms with van der Waals surface area (Å²) in [4.78, 5) is 15.6. The Bertz CT molecular complexity index is 1060. The van der Waals surface area contributed by atoms with Gasteiger partial charge in [0.2, 0.25) is 0 Å². The van der Waals surface area contributed by atoms with Crippen LogP contribution in [0.1, 0.15) is 11.1 Å². The van der Waals surface area contributed by atoms with Crippen LogP contribution < -0.4 is 10.5 Å². The fraction of sp³-hybridized carbons (Fsp3) is 0.200. The molecule has 0 atom stereocenters. The van der Waals surface area contributed by atoms with Gasteiger partial charge in [0.05, 0.1) is 19.0 Å². The number of carbonyl (C=O) groups is 1. The molecule has 0 saturated carbocycles. The van der Waals surface area contributed by atoms with Gasteiger partial charge in [-0.2, -0.15) is 10.4 Å². The number of nitrogens with zero attached hydrogens (tertiary/aromatic N) is 4. The van der Waals surface area contributed by atoms with Crippen molar-refractivity contribution in [1.29, 1.82) is 5.26 Å². The minimum Gasteiger partial charge on any atom is -0.482 e. The summed E-state index contributed by atoms with van der Waals surface area (Å²) in [5.41, 5.74) is 10.2. The number of ether oxygens (including phenoxy) is 2. The second-order valence-electron chi connectivity index (χ2n) is 6.12. The van der Waals surface area contributed by atoms with Crippen molar-refractivity contribution in [3.05, 3.63) is 47.8 Å². The van der Waals surface area contributed by atoms with E-state index in [2.05, 4.69) is 20.9 Å². The summed E-state index contributed by atoms with van der Waals surface area (Å²) in [6, 6.07) is 9.21. The summed E-state index contributed by atoms with van der Waals surface area (Å²) >= 11 is 0. The lowest BCUT2D eigenvalue weighted by atomic mass is 9.93. The van der Waals surface area contributed by atoms with Crippen LogP contribution in [0.4, 0.5) is 5.82 Å². The molecular formula is C20H19N5O3. The normalized spacial score (nSPS) is 10.4. The van der Waals surface area contributed by atoms with E-state index in [0.29, 0.717) is 22.6 Å². The summed E-state index contributed by atoms with van der Waals surface area (Å²) in [6.07, 6.45) is 3.54. The number of anilines is 1. The maximum absolute atomic E-state index is 11.2. The molecule has 0 aliphatic carbocycles. The van der Waals surface area contributed by atoms with Gasteiger partial charge in [0.15, 0.2) is 6.61 Å². The molecule has 0 spiro atoms. The number of hydrogen-bond donors (Lipinski definition) is 1. The highest BCUT2D eigenvalue weighted by Crippen LogP contribution is 2.36. The molecule has 8 heteroatoms. The summed E-state index contributed by atoms with van der Waals surface area (Å²) in [7, 11) is 3.12. The van der Waals surface area contributed by atoms with Gasteiger partial charge in [0, 0.05) is 24.4 Å². The van der Waals surface area contributed by atoms with Gasteiger partial charge in [-0.1, -0.05) is 12.1 Å². The number of aryl methyl sites for hydroxylation is 1. The Labute approximate surface area is 162 Å². The molecule has 0 unspecified atom stereocenters. The van der Waals surface area contributed by atoms with Gasteiger partial charge in [-0.05, 0) is 30.2 Å². The molecular weight excluding hydrogens is 358 g/mol. The van der Waals surface area contributed by atoms with E-state index >= 15 is 0 Å². The highest BCUT2D eigenvalue weighted by Gasteiger charge is 2.19. The van der Waals surface area contributed by atoms with E-state index in [9.17, 15) is 10.1 Å². The lowest BCUT2D eigenvalue weighted by Crippen LogP contribution is -2.12. The average molecular weight is 377 g/mol. The van der Waals surface area contributed by atoms with Gasteiger partial charge in [-0.3, -0.25) is 4.68 Å². The predicted molar refractivity (Wildman–Crippen MR) is 103 cm³/mol. The first-order valence-electron chi connectivity index (χ1n) is 8.43. The van der Waals surface area contributed by atoms with Crippen LogP contribution in [0.25, 0.3) is 22.4 Å². The van der Waals surface area contributed by atoms with E-state index in [1.54, 1.807) is 23.0 Å². The number of hydrogen-bond acceptors (Lipinski definition) is 7. The second-order valence-corrected chi connectivity index (χ2v) is 6.12. The van der Waals surface area contributed by atoms with Crippen LogP contribution in [0, 0.1) is 18.3 Å². The average Bonchev–Trinajstić information content (AvgIpc) is 3.13. The van der Waals surface area contributed by atoms with Crippen LogP contribution in [0.3, 0.4) is 0 Å². The maximum atomic E-state index is 11.2. The Morgan fingerprint density at radius 3 is 2.57 bits per heavy atom. The fourth-order valence-corrected chi connectivity index (χ4v) is 2.91. The van der Waals surface area contributed by atoms with Crippen LogP contribution in [0.15, 0.2) is 36.7 Å². The van der Waals surface area contributed by atoms with Crippen molar-refractivity contribution in [3.63, 3.8) is 0 Å². The van der Waals surface area contributed by atoms with E-state index < -0.39 is 5.97 Å². The molecule has 0 amide bonds. The van der Waals surface area contributed by atoms with Crippen molar-refractivity contribution in [2.75, 3.05) is 19.5 Å². The summed E-state index contributed by atoms with van der Waals surface area (Å²) in [5, 5.41) is 13.8. The van der Waals surface area contributed by atoms with E-state index in [-0.39, 0.29) is 12.4 Å². The molecule has 2 heterocycles. The maximum Gasteiger partial charge on any atom is 0.343 e. The number of pyridine rings is 1. The lowest BCUT2D eigenvalue weighted by molar-refractivity contribution is -0.142. The molecule has 3 rings (SSSR count). The summed E-state index contributed by atoms with van der Waals surface area (Å²) in [6.45, 7) is 1.72. The van der Waals surface area contributed by atoms with Crippen LogP contribution >= 0.6 is 0 Å². The third-order valence-corrected chi connectivity index (χ3v) is 4.29. The van der Waals surface area contributed by atoms with E-state index in [1.165, 1.54) is 7.11 Å². The summed E-state index contributed by atoms with van der Waals surface area (Å²) < 4.78 is 11.6. The van der Waals surface area contributed by atoms with Crippen molar-refractivity contribution in [2.45, 2.75) is 6.92 Å². The second kappa shape index (κ2) is 7.80. The highest BCUT2D eigenvalue weighted by molar-refractivity contribution is 5.84. The zero-order chi connectivity index (χ0) is 20.3. The molecule has 0 fully saturated rings. The molecule has 0 saturated heterocycles. The van der Waals surface area contributed by atoms with Crippen LogP contribution in [-0.4, -0.2) is 34.5 Å². The minimum absolute atomic E-state index is 0.160. The Kier molecular flexibility index (Phi) is 5.27. The van der Waals surface area contributed by atoms with Gasteiger partial charge >= 0.3 is 5.97 Å². The number of nitrogens with two attached hydrogens (primary N) is 1. The molecule has 0 bridgehead atoms. The number of rotatable bonds is 5. The van der Waals surface area contributed by atoms with Crippen molar-refractivity contribution in [2.24, 2.45) is 7.05 Å². The van der Waals surface area contributed by atoms with Crippen molar-refractivity contribution < 1.29 is 14.3 Å². The topological polar surface area (TPSA) is 116 Å². The monoisotopic (exact) mass is 377 g/mol. The van der Waals surface area contributed by atoms with Gasteiger partial charge in [0.25, 0.3) is 0 Å². The molecule has 8 nitrogen and oxygen atoms in total. The van der Waals surface area contributed by atoms with E-state index in [0.717, 1.165) is 16.7 Å². The SMILES string of the molecule is COC(=O)COc1ccc(-c2c(C)c(-c3cnn(C)c3)nc(N)c2C#N)cc1. The molecule has 142 valence electrons. The molecule has 0 aliphatic heterocycles. The Hall–Kier alpha value is -3.86. The highest BCUT2D eigenvalue weighted by atomic mass is 16.6. The van der Waals surface area contributed by atoms with Crippen molar-refractivity contribution in [3.8, 4) is 34.2 Å². The molecule has 1 aromatic carbocycles. The third kappa shape index (κ3) is 3.64. The lowest BCUT2D eigenvalue weighted by Gasteiger charge is -2.14. The number of carbonyl (C=O) groups excluding carboxylic acids is 1. The molecule has 0 radical (unpaired) electrons. The Morgan fingerprint density at radius 1 is 1.29 bits per heavy atom. The quantitative estimate of drug-likeness (QED) is 0.679. The molecule has 3 aromatic rings. The predicted octanol–water partition coefficient (Wildman–Crippen LogP) is 2.46. The molecule has 0 aliphatic rings. The number of methoxy groups -OCH3 is 1. The van der Waals surface area contributed by atoms with E-state index in [1.807, 2.05) is 32.3 Å². The number of benzene rings is 1. The van der Waals surface area contributed by atoms with Crippen molar-refractivity contribution >= 4 is 11.8 Å². The molecule has 2 aromatic heterocycles. The van der Waals surface area contributed by atoms with Crippen LogP contribution in [0.5, 0.6) is 5.75 Å². The zero-order valence-electron chi connectivity index (χ0n) is 15.8. The largest absolute Gasteiger partial charge is 0.482 e. The molecule has 2 N–H and O–H groups in total. The first-order chi connectivity index (χ1) is 13.4. The smallest absolute Gasteiger partial charge is 0.343 e. The third-order valence-electron chi connectivity index (χ3n) is 4.29. The Morgan fingerprint density at radius 2 is 2.00 bits per heavy atom. The number of nitriles is 1. The Balaban J connectivity index is 2.04. The van der Waals surface area contributed by atoms with Gasteiger partial charge < -0.3 is 15.2 Å². The van der Waals surface area contributed by atoms with Gasteiger partial charge in [-0.25, -0.2) is 9.78 Å². The van der Waals surface area contributed by atoms with Gasteiger partial charge in [-0.15, -0.1) is 0 Å². The fourth-order valence-electron chi connectivity index (χ4n) is 2.91. The summed E-state index contributed by atoms with van der Waals surface area (Å²) in [5.74, 6) is 0.211. The van der Waals surface area contributed by atoms with Crippen molar-refractivity contribution in [1.82, 2.24) is 14.8 Å². The first-order valence-corrected chi connectivity index (χ1v) is 8.43. The number of esters is 1. The van der Waals surface area contributed by atoms with Gasteiger partial charge in [0.1, 0.15) is 23.2 Å². The molecule has 28 heavy (non-hydrogen) atoms. The van der Waals surface area contributed by atoms with E-state index in [4.69, 9.17) is 10.5 Å². The minimum atomic E-state index is -0.463. The van der Waals surface area contributed by atoms with Crippen LogP contribution in [0.2, 0.25) is 0 Å². The zero-order valence-corrected chi connectivity index (χ0v) is 15.8. The number of aromatic nitrogens is 3. The van der Waals surface area contributed by atoms with Crippen LogP contribution in [-0.2, 0) is 16.6 Å². The number of nitrogen functional groups attached to an aromatic ring is 1.